The van der Waals surface area contributed by atoms with Crippen molar-refractivity contribution in [2.75, 3.05) is 11.9 Å². The van der Waals surface area contributed by atoms with Crippen molar-refractivity contribution in [2.45, 2.75) is 60.3 Å². The van der Waals surface area contributed by atoms with E-state index in [2.05, 4.69) is 39.9 Å². The van der Waals surface area contributed by atoms with Crippen LogP contribution in [0.15, 0.2) is 30.3 Å². The average Bonchev–Trinajstić information content (AvgIpc) is 2.66. The molecule has 1 N–H and O–H groups in total. The molecule has 25 heavy (non-hydrogen) atoms. The molecule has 0 aliphatic carbocycles. The number of hydrogen-bond acceptors (Lipinski definition) is 2. The minimum Gasteiger partial charge on any atom is -0.384 e. The highest BCUT2D eigenvalue weighted by Gasteiger charge is 2.25. The van der Waals surface area contributed by atoms with Crippen LogP contribution in [0.5, 0.6) is 0 Å². The van der Waals surface area contributed by atoms with Crippen LogP contribution in [0, 0.1) is 0 Å². The molecule has 2 nitrogen and oxygen atoms in total. The first-order valence-corrected chi connectivity index (χ1v) is 9.67. The molecule has 0 atom stereocenters. The molecular formula is C23H31NO. The van der Waals surface area contributed by atoms with E-state index in [4.69, 9.17) is 0 Å². The normalized spacial score (nSPS) is 10.8. The molecule has 0 saturated carbocycles. The molecule has 0 spiro atoms. The zero-order chi connectivity index (χ0) is 18.4. The topological polar surface area (TPSA) is 29.1 Å². The average molecular weight is 338 g/mol. The van der Waals surface area contributed by atoms with Gasteiger partial charge in [-0.2, -0.15) is 0 Å². The Morgan fingerprint density at radius 2 is 1.28 bits per heavy atom. The van der Waals surface area contributed by atoms with Gasteiger partial charge >= 0.3 is 0 Å². The van der Waals surface area contributed by atoms with Crippen LogP contribution in [0.1, 0.15) is 72.8 Å². The lowest BCUT2D eigenvalue weighted by Gasteiger charge is -2.25. The fraction of sp³-hybridized carbons (Fsp3) is 0.435. The highest BCUT2D eigenvalue weighted by molar-refractivity contribution is 6.14. The van der Waals surface area contributed by atoms with Gasteiger partial charge in [-0.05, 0) is 54.9 Å². The van der Waals surface area contributed by atoms with Crippen molar-refractivity contribution in [3.05, 3.63) is 63.7 Å². The maximum absolute atomic E-state index is 13.4. The Balaban J connectivity index is 2.85. The van der Waals surface area contributed by atoms with E-state index < -0.39 is 0 Å². The highest BCUT2D eigenvalue weighted by Crippen LogP contribution is 2.35. The summed E-state index contributed by atoms with van der Waals surface area (Å²) in [6, 6.07) is 9.67. The molecule has 0 unspecified atom stereocenters. The van der Waals surface area contributed by atoms with E-state index in [1.54, 1.807) is 0 Å². The predicted octanol–water partition coefficient (Wildman–Crippen LogP) is 5.60. The van der Waals surface area contributed by atoms with E-state index in [1.807, 2.05) is 30.3 Å². The number of hydrogen-bond donors (Lipinski definition) is 1. The summed E-state index contributed by atoms with van der Waals surface area (Å²) in [5.74, 6) is 0.139. The van der Waals surface area contributed by atoms with Gasteiger partial charge in [0.1, 0.15) is 0 Å². The van der Waals surface area contributed by atoms with Crippen LogP contribution in [0.4, 0.5) is 5.69 Å². The standard InChI is InChI=1S/C23H31NO/c1-6-17-18(7-2)20(9-4)22(24-10-5)21(19(17)8-3)23(25)16-14-12-11-13-15-16/h11-15,24H,6-10H2,1-5H3. The van der Waals surface area contributed by atoms with Crippen molar-refractivity contribution in [1.29, 1.82) is 0 Å². The zero-order valence-corrected chi connectivity index (χ0v) is 16.3. The van der Waals surface area contributed by atoms with Gasteiger partial charge in [-0.1, -0.05) is 58.0 Å². The van der Waals surface area contributed by atoms with Gasteiger partial charge in [0.05, 0.1) is 0 Å². The molecule has 2 aromatic carbocycles. The molecule has 2 aromatic rings. The molecule has 0 aliphatic rings. The van der Waals surface area contributed by atoms with Crippen LogP contribution in [0.25, 0.3) is 0 Å². The quantitative estimate of drug-likeness (QED) is 0.635. The van der Waals surface area contributed by atoms with Gasteiger partial charge in [-0.25, -0.2) is 0 Å². The van der Waals surface area contributed by atoms with Crippen molar-refractivity contribution >= 4 is 11.5 Å². The first-order chi connectivity index (χ1) is 12.1. The number of carbonyl (C=O) groups excluding carboxylic acids is 1. The van der Waals surface area contributed by atoms with E-state index in [0.717, 1.165) is 49.0 Å². The first-order valence-electron chi connectivity index (χ1n) is 9.67. The Bertz CT molecular complexity index is 732. The molecule has 134 valence electrons. The minimum absolute atomic E-state index is 0.139. The third-order valence-electron chi connectivity index (χ3n) is 4.98. The number of carbonyl (C=O) groups is 1. The molecule has 0 heterocycles. The number of ketones is 1. The molecule has 0 aromatic heterocycles. The second-order valence-electron chi connectivity index (χ2n) is 6.30. The minimum atomic E-state index is 0.139. The Labute approximate surface area is 152 Å². The van der Waals surface area contributed by atoms with Crippen LogP contribution in [0.3, 0.4) is 0 Å². The molecule has 0 radical (unpaired) electrons. The molecule has 0 fully saturated rings. The van der Waals surface area contributed by atoms with Gasteiger partial charge in [0.25, 0.3) is 0 Å². The number of nitrogens with one attached hydrogen (secondary N) is 1. The van der Waals surface area contributed by atoms with Crippen molar-refractivity contribution in [1.82, 2.24) is 0 Å². The Morgan fingerprint density at radius 1 is 0.760 bits per heavy atom. The summed E-state index contributed by atoms with van der Waals surface area (Å²) in [5, 5.41) is 3.53. The third-order valence-corrected chi connectivity index (χ3v) is 4.98. The Morgan fingerprint density at radius 3 is 1.76 bits per heavy atom. The predicted molar refractivity (Wildman–Crippen MR) is 108 cm³/mol. The fourth-order valence-corrected chi connectivity index (χ4v) is 3.96. The van der Waals surface area contributed by atoms with E-state index >= 15 is 0 Å². The summed E-state index contributed by atoms with van der Waals surface area (Å²) in [6.45, 7) is 11.7. The lowest BCUT2D eigenvalue weighted by atomic mass is 9.82. The first kappa shape index (κ1) is 19.2. The van der Waals surface area contributed by atoms with Crippen LogP contribution >= 0.6 is 0 Å². The van der Waals surface area contributed by atoms with Crippen molar-refractivity contribution in [3.8, 4) is 0 Å². The second kappa shape index (κ2) is 8.84. The van der Waals surface area contributed by atoms with Gasteiger partial charge in [0, 0.05) is 23.4 Å². The van der Waals surface area contributed by atoms with Crippen molar-refractivity contribution < 1.29 is 4.79 Å². The van der Waals surface area contributed by atoms with Gasteiger partial charge in [0.15, 0.2) is 5.78 Å². The largest absolute Gasteiger partial charge is 0.384 e. The summed E-state index contributed by atoms with van der Waals surface area (Å²) in [6.07, 6.45) is 3.81. The van der Waals surface area contributed by atoms with Crippen LogP contribution in [0.2, 0.25) is 0 Å². The lowest BCUT2D eigenvalue weighted by Crippen LogP contribution is -2.17. The third kappa shape index (κ3) is 3.63. The van der Waals surface area contributed by atoms with Gasteiger partial charge in [0.2, 0.25) is 0 Å². The van der Waals surface area contributed by atoms with Crippen molar-refractivity contribution in [3.63, 3.8) is 0 Å². The summed E-state index contributed by atoms with van der Waals surface area (Å²) < 4.78 is 0. The molecule has 0 amide bonds. The fourth-order valence-electron chi connectivity index (χ4n) is 3.96. The molecular weight excluding hydrogens is 306 g/mol. The number of benzene rings is 2. The van der Waals surface area contributed by atoms with Gasteiger partial charge < -0.3 is 5.32 Å². The van der Waals surface area contributed by atoms with Crippen molar-refractivity contribution in [2.24, 2.45) is 0 Å². The second-order valence-corrected chi connectivity index (χ2v) is 6.30. The summed E-state index contributed by atoms with van der Waals surface area (Å²) in [5.41, 5.74) is 8.07. The Kier molecular flexibility index (Phi) is 6.81. The van der Waals surface area contributed by atoms with Gasteiger partial charge in [-0.3, -0.25) is 4.79 Å². The monoisotopic (exact) mass is 337 g/mol. The molecule has 2 rings (SSSR count). The van der Waals surface area contributed by atoms with E-state index in [1.165, 1.54) is 22.3 Å². The highest BCUT2D eigenvalue weighted by atomic mass is 16.1. The van der Waals surface area contributed by atoms with E-state index in [-0.39, 0.29) is 5.78 Å². The zero-order valence-electron chi connectivity index (χ0n) is 16.3. The maximum Gasteiger partial charge on any atom is 0.195 e. The summed E-state index contributed by atoms with van der Waals surface area (Å²) in [7, 11) is 0. The van der Waals surface area contributed by atoms with Crippen LogP contribution in [-0.4, -0.2) is 12.3 Å². The molecule has 0 bridgehead atoms. The smallest absolute Gasteiger partial charge is 0.195 e. The van der Waals surface area contributed by atoms with E-state index in [0.29, 0.717) is 0 Å². The summed E-state index contributed by atoms with van der Waals surface area (Å²) in [4.78, 5) is 13.4. The summed E-state index contributed by atoms with van der Waals surface area (Å²) >= 11 is 0. The number of anilines is 1. The maximum atomic E-state index is 13.4. The van der Waals surface area contributed by atoms with E-state index in [9.17, 15) is 4.79 Å². The Hall–Kier alpha value is -2.09. The van der Waals surface area contributed by atoms with Gasteiger partial charge in [-0.15, -0.1) is 0 Å². The SMILES string of the molecule is CCNc1c(CC)c(CC)c(CC)c(CC)c1C(=O)c1ccccc1. The lowest BCUT2D eigenvalue weighted by molar-refractivity contribution is 0.103. The van der Waals surface area contributed by atoms with Crippen LogP contribution in [-0.2, 0) is 25.7 Å². The number of rotatable bonds is 8. The molecule has 0 aliphatic heterocycles. The molecule has 2 heteroatoms. The van der Waals surface area contributed by atoms with Crippen LogP contribution < -0.4 is 5.32 Å². The molecule has 0 saturated heterocycles.